The molecule has 0 aliphatic heterocycles. The van der Waals surface area contributed by atoms with Crippen molar-refractivity contribution < 1.29 is 9.47 Å². The Morgan fingerprint density at radius 2 is 0.903 bits per heavy atom. The van der Waals surface area contributed by atoms with Gasteiger partial charge in [0.1, 0.15) is 11.5 Å². The second kappa shape index (κ2) is 20.5. The summed E-state index contributed by atoms with van der Waals surface area (Å²) in [5.74, 6) is 1.85. The molecule has 0 radical (unpaired) electrons. The van der Waals surface area contributed by atoms with Crippen LogP contribution in [0.3, 0.4) is 0 Å². The lowest BCUT2D eigenvalue weighted by atomic mass is 10.1. The van der Waals surface area contributed by atoms with E-state index < -0.39 is 0 Å². The summed E-state index contributed by atoms with van der Waals surface area (Å²) in [4.78, 5) is 0. The molecule has 3 rings (SSSR count). The number of rotatable bonds is 3. The Hall–Kier alpha value is -2.74. The van der Waals surface area contributed by atoms with Crippen LogP contribution in [0.5, 0.6) is 11.5 Å². The van der Waals surface area contributed by atoms with E-state index in [2.05, 4.69) is 38.1 Å². The summed E-state index contributed by atoms with van der Waals surface area (Å²) in [5, 5.41) is 0. The molecule has 0 atom stereocenters. The minimum atomic E-state index is 0.926. The van der Waals surface area contributed by atoms with Crippen LogP contribution >= 0.6 is 0 Å². The summed E-state index contributed by atoms with van der Waals surface area (Å²) in [5.41, 5.74) is 5.24. The van der Waals surface area contributed by atoms with E-state index in [1.165, 1.54) is 22.3 Å². The molecule has 0 fully saturated rings. The molecule has 3 aromatic carbocycles. The Morgan fingerprint density at radius 3 is 1.13 bits per heavy atom. The zero-order valence-electron chi connectivity index (χ0n) is 21.5. The molecule has 172 valence electrons. The third kappa shape index (κ3) is 15.7. The molecule has 0 saturated heterocycles. The molecule has 0 aromatic heterocycles. The van der Waals surface area contributed by atoms with Crippen molar-refractivity contribution in [2.75, 3.05) is 14.2 Å². The highest BCUT2D eigenvalue weighted by atomic mass is 16.5. The van der Waals surface area contributed by atoms with Gasteiger partial charge in [0, 0.05) is 0 Å². The van der Waals surface area contributed by atoms with Crippen LogP contribution < -0.4 is 9.47 Å². The van der Waals surface area contributed by atoms with Crippen LogP contribution in [0.25, 0.3) is 0 Å². The number of methoxy groups -OCH3 is 2. The maximum Gasteiger partial charge on any atom is 0.119 e. The van der Waals surface area contributed by atoms with E-state index in [0.717, 1.165) is 17.9 Å². The maximum atomic E-state index is 5.00. The van der Waals surface area contributed by atoms with Crippen molar-refractivity contribution in [3.63, 3.8) is 0 Å². The van der Waals surface area contributed by atoms with Gasteiger partial charge in [0.25, 0.3) is 0 Å². The Kier molecular flexibility index (Phi) is 20.2. The fraction of sp³-hybridized carbons (Fsp3) is 0.379. The number of ether oxygens (including phenoxy) is 2. The first kappa shape index (κ1) is 30.5. The molecular weight excluding hydrogens is 380 g/mol. The molecule has 0 spiro atoms. The van der Waals surface area contributed by atoms with Gasteiger partial charge in [-0.2, -0.15) is 0 Å². The Bertz CT molecular complexity index is 686. The molecule has 3 aromatic rings. The van der Waals surface area contributed by atoms with Gasteiger partial charge >= 0.3 is 0 Å². The van der Waals surface area contributed by atoms with E-state index >= 15 is 0 Å². The van der Waals surface area contributed by atoms with Gasteiger partial charge in [0.15, 0.2) is 0 Å². The van der Waals surface area contributed by atoms with Crippen molar-refractivity contribution in [3.05, 3.63) is 95.1 Å². The number of benzene rings is 3. The Labute approximate surface area is 192 Å². The van der Waals surface area contributed by atoms with Gasteiger partial charge in [-0.3, -0.25) is 0 Å². The molecule has 0 amide bonds. The standard InChI is InChI=1S/C9H12.2C8H10O.2C2H6/c1-3-9-6-4-5-8(2)7-9;2*1-7-4-3-5-8(6-7)9-2;2*1-2/h4-7H,3H2,1-2H3;2*3-6H,1-2H3;2*1-2H3. The first-order valence-corrected chi connectivity index (χ1v) is 11.2. The van der Waals surface area contributed by atoms with E-state index in [-0.39, 0.29) is 0 Å². The minimum Gasteiger partial charge on any atom is -0.497 e. The Morgan fingerprint density at radius 1 is 0.548 bits per heavy atom. The van der Waals surface area contributed by atoms with Crippen LogP contribution in [0, 0.1) is 20.8 Å². The first-order chi connectivity index (χ1) is 15.0. The fourth-order valence-electron chi connectivity index (χ4n) is 2.42. The highest BCUT2D eigenvalue weighted by molar-refractivity contribution is 5.27. The van der Waals surface area contributed by atoms with Gasteiger partial charge in [-0.05, 0) is 68.1 Å². The zero-order valence-corrected chi connectivity index (χ0v) is 21.5. The average Bonchev–Trinajstić information content (AvgIpc) is 2.82. The van der Waals surface area contributed by atoms with Crippen LogP contribution in [-0.4, -0.2) is 14.2 Å². The second-order valence-electron chi connectivity index (χ2n) is 6.38. The fourth-order valence-corrected chi connectivity index (χ4v) is 2.42. The summed E-state index contributed by atoms with van der Waals surface area (Å²) in [6.07, 6.45) is 1.14. The molecule has 0 bridgehead atoms. The smallest absolute Gasteiger partial charge is 0.119 e. The number of hydrogen-bond donors (Lipinski definition) is 0. The average molecular weight is 425 g/mol. The lowest BCUT2D eigenvalue weighted by Crippen LogP contribution is -1.81. The summed E-state index contributed by atoms with van der Waals surface area (Å²) in [7, 11) is 3.35. The lowest BCUT2D eigenvalue weighted by molar-refractivity contribution is 0.414. The third-order valence-electron chi connectivity index (χ3n) is 3.94. The van der Waals surface area contributed by atoms with Crippen LogP contribution in [0.1, 0.15) is 56.9 Å². The molecule has 2 nitrogen and oxygen atoms in total. The van der Waals surface area contributed by atoms with Crippen molar-refractivity contribution in [3.8, 4) is 11.5 Å². The second-order valence-corrected chi connectivity index (χ2v) is 6.38. The van der Waals surface area contributed by atoms with Crippen molar-refractivity contribution >= 4 is 0 Å². The summed E-state index contributed by atoms with van der Waals surface area (Å²) < 4.78 is 9.99. The molecule has 0 N–H and O–H groups in total. The zero-order chi connectivity index (χ0) is 24.1. The minimum absolute atomic E-state index is 0.926. The SMILES string of the molecule is CC.CC.CCc1cccc(C)c1.COc1cccc(C)c1.COc1cccc(C)c1. The van der Waals surface area contributed by atoms with Crippen molar-refractivity contribution in [1.29, 1.82) is 0 Å². The van der Waals surface area contributed by atoms with Crippen LogP contribution in [-0.2, 0) is 6.42 Å². The monoisotopic (exact) mass is 424 g/mol. The largest absolute Gasteiger partial charge is 0.497 e. The maximum absolute atomic E-state index is 5.00. The van der Waals surface area contributed by atoms with Gasteiger partial charge < -0.3 is 9.47 Å². The first-order valence-electron chi connectivity index (χ1n) is 11.2. The highest BCUT2D eigenvalue weighted by Crippen LogP contribution is 2.11. The van der Waals surface area contributed by atoms with Gasteiger partial charge in [-0.1, -0.05) is 88.7 Å². The topological polar surface area (TPSA) is 18.5 Å². The molecule has 0 heterocycles. The van der Waals surface area contributed by atoms with Crippen molar-refractivity contribution in [2.45, 2.75) is 61.8 Å². The van der Waals surface area contributed by atoms with E-state index in [9.17, 15) is 0 Å². The quantitative estimate of drug-likeness (QED) is 0.419. The summed E-state index contributed by atoms with van der Waals surface area (Å²) in [6, 6.07) is 24.5. The molecule has 0 unspecified atom stereocenters. The summed E-state index contributed by atoms with van der Waals surface area (Å²) >= 11 is 0. The van der Waals surface area contributed by atoms with Gasteiger partial charge in [0.2, 0.25) is 0 Å². The van der Waals surface area contributed by atoms with E-state index in [4.69, 9.17) is 9.47 Å². The van der Waals surface area contributed by atoms with Crippen LogP contribution in [0.4, 0.5) is 0 Å². The van der Waals surface area contributed by atoms with Crippen molar-refractivity contribution in [1.82, 2.24) is 0 Å². The normalized spacial score (nSPS) is 8.45. The molecule has 2 heteroatoms. The van der Waals surface area contributed by atoms with E-state index in [1.807, 2.05) is 90.1 Å². The highest BCUT2D eigenvalue weighted by Gasteiger charge is 1.88. The van der Waals surface area contributed by atoms with Gasteiger partial charge in [-0.25, -0.2) is 0 Å². The molecule has 0 saturated carbocycles. The summed E-state index contributed by atoms with van der Waals surface area (Å²) in [6.45, 7) is 16.4. The molecule has 0 aliphatic carbocycles. The lowest BCUT2D eigenvalue weighted by Gasteiger charge is -1.97. The third-order valence-corrected chi connectivity index (χ3v) is 3.94. The molecular formula is C29H44O2. The van der Waals surface area contributed by atoms with Gasteiger partial charge in [-0.15, -0.1) is 0 Å². The Balaban J connectivity index is 0. The van der Waals surface area contributed by atoms with Crippen LogP contribution in [0.2, 0.25) is 0 Å². The predicted molar refractivity (Wildman–Crippen MR) is 139 cm³/mol. The van der Waals surface area contributed by atoms with E-state index in [0.29, 0.717) is 0 Å². The number of aryl methyl sites for hydroxylation is 4. The van der Waals surface area contributed by atoms with Crippen LogP contribution in [0.15, 0.2) is 72.8 Å². The molecule has 31 heavy (non-hydrogen) atoms. The number of hydrogen-bond acceptors (Lipinski definition) is 2. The predicted octanol–water partition coefficient (Wildman–Crippen LogP) is 8.62. The van der Waals surface area contributed by atoms with Gasteiger partial charge in [0.05, 0.1) is 14.2 Å². The van der Waals surface area contributed by atoms with E-state index in [1.54, 1.807) is 14.2 Å². The molecule has 0 aliphatic rings. The van der Waals surface area contributed by atoms with Crippen molar-refractivity contribution in [2.24, 2.45) is 0 Å².